The molecule has 1 fully saturated rings. The van der Waals surface area contributed by atoms with Gasteiger partial charge in [-0.05, 0) is 37.0 Å². The second kappa shape index (κ2) is 5.00. The maximum atomic E-state index is 5.89. The third-order valence-electron chi connectivity index (χ3n) is 2.86. The Morgan fingerprint density at radius 1 is 1.33 bits per heavy atom. The van der Waals surface area contributed by atoms with E-state index in [0.717, 1.165) is 11.1 Å². The monoisotopic (exact) mass is 223 g/mol. The molecule has 1 unspecified atom stereocenters. The lowest BCUT2D eigenvalue weighted by Crippen LogP contribution is -2.23. The van der Waals surface area contributed by atoms with Crippen LogP contribution in [0.25, 0.3) is 0 Å². The zero-order valence-corrected chi connectivity index (χ0v) is 9.93. The minimum Gasteiger partial charge on any atom is -0.307 e. The summed E-state index contributed by atoms with van der Waals surface area (Å²) in [6.07, 6.45) is 5.10. The number of hydrogen-bond donors (Lipinski definition) is 1. The van der Waals surface area contributed by atoms with Crippen LogP contribution in [0.1, 0.15) is 44.2 Å². The zero-order chi connectivity index (χ0) is 10.7. The van der Waals surface area contributed by atoms with E-state index in [9.17, 15) is 0 Å². The van der Waals surface area contributed by atoms with Crippen molar-refractivity contribution in [3.8, 4) is 0 Å². The molecular weight excluding hydrogens is 206 g/mol. The Bertz CT molecular complexity index is 303. The van der Waals surface area contributed by atoms with Gasteiger partial charge in [0.2, 0.25) is 0 Å². The molecule has 2 heteroatoms. The van der Waals surface area contributed by atoms with Gasteiger partial charge in [-0.15, -0.1) is 0 Å². The standard InChI is InChI=1S/C13H18ClN/c1-2-3-13(15-12-8-9-12)10-4-6-11(14)7-5-10/h4-7,12-13,15H,2-3,8-9H2,1H3. The SMILES string of the molecule is CCCC(NC1CC1)c1ccc(Cl)cc1. The summed E-state index contributed by atoms with van der Waals surface area (Å²) in [6.45, 7) is 2.23. The lowest BCUT2D eigenvalue weighted by Gasteiger charge is -2.18. The molecule has 0 radical (unpaired) electrons. The van der Waals surface area contributed by atoms with Gasteiger partial charge in [0, 0.05) is 17.1 Å². The Labute approximate surface area is 96.8 Å². The smallest absolute Gasteiger partial charge is 0.0406 e. The summed E-state index contributed by atoms with van der Waals surface area (Å²) in [7, 11) is 0. The summed E-state index contributed by atoms with van der Waals surface area (Å²) >= 11 is 5.89. The third-order valence-corrected chi connectivity index (χ3v) is 3.12. The van der Waals surface area contributed by atoms with E-state index >= 15 is 0 Å². The van der Waals surface area contributed by atoms with Gasteiger partial charge in [0.25, 0.3) is 0 Å². The first kappa shape index (κ1) is 11.0. The number of rotatable bonds is 5. The Morgan fingerprint density at radius 2 is 2.00 bits per heavy atom. The van der Waals surface area contributed by atoms with Gasteiger partial charge >= 0.3 is 0 Å². The molecule has 0 bridgehead atoms. The van der Waals surface area contributed by atoms with Gasteiger partial charge in [-0.3, -0.25) is 0 Å². The average Bonchev–Trinajstić information content (AvgIpc) is 3.02. The maximum Gasteiger partial charge on any atom is 0.0406 e. The molecule has 0 saturated heterocycles. The largest absolute Gasteiger partial charge is 0.307 e. The van der Waals surface area contributed by atoms with E-state index in [1.807, 2.05) is 12.1 Å². The molecule has 0 heterocycles. The van der Waals surface area contributed by atoms with E-state index in [1.54, 1.807) is 0 Å². The third kappa shape index (κ3) is 3.22. The highest BCUT2D eigenvalue weighted by atomic mass is 35.5. The number of nitrogens with one attached hydrogen (secondary N) is 1. The lowest BCUT2D eigenvalue weighted by molar-refractivity contribution is 0.491. The van der Waals surface area contributed by atoms with Gasteiger partial charge in [-0.2, -0.15) is 0 Å². The molecule has 2 rings (SSSR count). The summed E-state index contributed by atoms with van der Waals surface area (Å²) in [5, 5.41) is 4.50. The van der Waals surface area contributed by atoms with Crippen molar-refractivity contribution in [1.29, 1.82) is 0 Å². The van der Waals surface area contributed by atoms with Crippen LogP contribution < -0.4 is 5.32 Å². The van der Waals surface area contributed by atoms with Gasteiger partial charge in [0.15, 0.2) is 0 Å². The van der Waals surface area contributed by atoms with Crippen LogP contribution in [0.3, 0.4) is 0 Å². The number of benzene rings is 1. The van der Waals surface area contributed by atoms with Crippen molar-refractivity contribution in [2.45, 2.75) is 44.7 Å². The van der Waals surface area contributed by atoms with Gasteiger partial charge in [-0.25, -0.2) is 0 Å². The first-order valence-electron chi connectivity index (χ1n) is 5.81. The van der Waals surface area contributed by atoms with E-state index < -0.39 is 0 Å². The fourth-order valence-electron chi connectivity index (χ4n) is 1.86. The minimum absolute atomic E-state index is 0.514. The van der Waals surface area contributed by atoms with Crippen molar-refractivity contribution in [3.05, 3.63) is 34.9 Å². The highest BCUT2D eigenvalue weighted by Crippen LogP contribution is 2.27. The minimum atomic E-state index is 0.514. The van der Waals surface area contributed by atoms with Crippen LogP contribution in [0.2, 0.25) is 5.02 Å². The van der Waals surface area contributed by atoms with E-state index in [-0.39, 0.29) is 0 Å². The normalized spacial score (nSPS) is 17.7. The Hall–Kier alpha value is -0.530. The van der Waals surface area contributed by atoms with Crippen molar-refractivity contribution >= 4 is 11.6 Å². The summed E-state index contributed by atoms with van der Waals surface area (Å²) in [4.78, 5) is 0. The van der Waals surface area contributed by atoms with Crippen LogP contribution >= 0.6 is 11.6 Å². The van der Waals surface area contributed by atoms with Crippen molar-refractivity contribution in [2.24, 2.45) is 0 Å². The second-order valence-corrected chi connectivity index (χ2v) is 4.77. The number of hydrogen-bond acceptors (Lipinski definition) is 1. The Balaban J connectivity index is 2.04. The van der Waals surface area contributed by atoms with E-state index in [4.69, 9.17) is 11.6 Å². The highest BCUT2D eigenvalue weighted by Gasteiger charge is 2.24. The van der Waals surface area contributed by atoms with Crippen LogP contribution in [0.15, 0.2) is 24.3 Å². The molecule has 1 atom stereocenters. The van der Waals surface area contributed by atoms with Crippen molar-refractivity contribution in [3.63, 3.8) is 0 Å². The molecule has 0 amide bonds. The van der Waals surface area contributed by atoms with Crippen LogP contribution in [0, 0.1) is 0 Å². The maximum absolute atomic E-state index is 5.89. The first-order valence-corrected chi connectivity index (χ1v) is 6.19. The topological polar surface area (TPSA) is 12.0 Å². The van der Waals surface area contributed by atoms with Crippen LogP contribution in [-0.2, 0) is 0 Å². The van der Waals surface area contributed by atoms with E-state index in [2.05, 4.69) is 24.4 Å². The molecule has 0 aliphatic heterocycles. The fourth-order valence-corrected chi connectivity index (χ4v) is 1.99. The van der Waals surface area contributed by atoms with Crippen molar-refractivity contribution in [2.75, 3.05) is 0 Å². The lowest BCUT2D eigenvalue weighted by atomic mass is 10.0. The van der Waals surface area contributed by atoms with Gasteiger partial charge in [-0.1, -0.05) is 37.1 Å². The fraction of sp³-hybridized carbons (Fsp3) is 0.538. The molecule has 0 spiro atoms. The molecule has 82 valence electrons. The van der Waals surface area contributed by atoms with Crippen LogP contribution in [0.4, 0.5) is 0 Å². The second-order valence-electron chi connectivity index (χ2n) is 4.33. The van der Waals surface area contributed by atoms with Gasteiger partial charge in [0.05, 0.1) is 0 Å². The summed E-state index contributed by atoms with van der Waals surface area (Å²) in [6, 6.07) is 9.51. The summed E-state index contributed by atoms with van der Waals surface area (Å²) in [5.74, 6) is 0. The first-order chi connectivity index (χ1) is 7.29. The van der Waals surface area contributed by atoms with Gasteiger partial charge < -0.3 is 5.32 Å². The predicted molar refractivity (Wildman–Crippen MR) is 65.3 cm³/mol. The van der Waals surface area contributed by atoms with E-state index in [0.29, 0.717) is 6.04 Å². The molecule has 15 heavy (non-hydrogen) atoms. The zero-order valence-electron chi connectivity index (χ0n) is 9.17. The molecule has 1 saturated carbocycles. The molecular formula is C13H18ClN. The van der Waals surface area contributed by atoms with Crippen molar-refractivity contribution in [1.82, 2.24) is 5.32 Å². The molecule has 1 aromatic carbocycles. The molecule has 1 N–H and O–H groups in total. The average molecular weight is 224 g/mol. The molecule has 1 aliphatic carbocycles. The molecule has 1 aromatic rings. The summed E-state index contributed by atoms with van der Waals surface area (Å²) in [5.41, 5.74) is 1.37. The number of halogens is 1. The molecule has 1 aliphatic rings. The Morgan fingerprint density at radius 3 is 2.53 bits per heavy atom. The predicted octanol–water partition coefficient (Wildman–Crippen LogP) is 3.93. The van der Waals surface area contributed by atoms with E-state index in [1.165, 1.54) is 31.2 Å². The quantitative estimate of drug-likeness (QED) is 0.798. The summed E-state index contributed by atoms with van der Waals surface area (Å²) < 4.78 is 0. The molecule has 0 aromatic heterocycles. The highest BCUT2D eigenvalue weighted by molar-refractivity contribution is 6.30. The van der Waals surface area contributed by atoms with Crippen LogP contribution in [-0.4, -0.2) is 6.04 Å². The van der Waals surface area contributed by atoms with Crippen molar-refractivity contribution < 1.29 is 0 Å². The Kier molecular flexibility index (Phi) is 3.66. The van der Waals surface area contributed by atoms with Gasteiger partial charge in [0.1, 0.15) is 0 Å². The molecule has 1 nitrogen and oxygen atoms in total. The van der Waals surface area contributed by atoms with Crippen LogP contribution in [0.5, 0.6) is 0 Å².